The van der Waals surface area contributed by atoms with Gasteiger partial charge in [0.1, 0.15) is 5.82 Å². The van der Waals surface area contributed by atoms with Crippen molar-refractivity contribution in [3.63, 3.8) is 0 Å². The molecule has 29 heavy (non-hydrogen) atoms. The zero-order chi connectivity index (χ0) is 20.1. The van der Waals surface area contributed by atoms with Gasteiger partial charge in [0.2, 0.25) is 0 Å². The third-order valence-corrected chi connectivity index (χ3v) is 5.82. The van der Waals surface area contributed by atoms with E-state index in [-0.39, 0.29) is 35.2 Å². The summed E-state index contributed by atoms with van der Waals surface area (Å²) in [7, 11) is 3.73. The standard InChI is InChI=1S/C21H30FN5O.HI/c1-15-19(16(2)27(4)26-15)13-24-20(23-3)25-14-21(9-11-28-12-10-21)17-5-7-18(22)8-6-17;/h5-8H,9-14H2,1-4H3,(H2,23,24,25);1H. The number of nitrogens with one attached hydrogen (secondary N) is 2. The fraction of sp³-hybridized carbons (Fsp3) is 0.524. The summed E-state index contributed by atoms with van der Waals surface area (Å²) in [6.45, 7) is 6.88. The van der Waals surface area contributed by atoms with Crippen LogP contribution in [0.2, 0.25) is 0 Å². The van der Waals surface area contributed by atoms with Gasteiger partial charge < -0.3 is 15.4 Å². The van der Waals surface area contributed by atoms with Crippen LogP contribution in [0.5, 0.6) is 0 Å². The Balaban J connectivity index is 0.00000300. The lowest BCUT2D eigenvalue weighted by Gasteiger charge is -2.38. The van der Waals surface area contributed by atoms with Crippen LogP contribution in [0.15, 0.2) is 29.3 Å². The number of guanidine groups is 1. The van der Waals surface area contributed by atoms with E-state index in [0.717, 1.165) is 35.8 Å². The molecule has 1 aliphatic heterocycles. The van der Waals surface area contributed by atoms with Gasteiger partial charge >= 0.3 is 0 Å². The Kier molecular flexibility index (Phi) is 8.45. The molecule has 1 aromatic heterocycles. The average Bonchev–Trinajstić information content (AvgIpc) is 2.95. The molecule has 0 aliphatic carbocycles. The SMILES string of the molecule is CN=C(NCc1c(C)nn(C)c1C)NCC1(c2ccc(F)cc2)CCOCC1.I. The van der Waals surface area contributed by atoms with Gasteiger partial charge in [0, 0.05) is 57.1 Å². The van der Waals surface area contributed by atoms with Gasteiger partial charge in [-0.1, -0.05) is 12.1 Å². The average molecular weight is 515 g/mol. The first-order valence-electron chi connectivity index (χ1n) is 9.72. The quantitative estimate of drug-likeness (QED) is 0.365. The second-order valence-corrected chi connectivity index (χ2v) is 7.45. The minimum atomic E-state index is -0.210. The first-order valence-corrected chi connectivity index (χ1v) is 9.72. The monoisotopic (exact) mass is 515 g/mol. The zero-order valence-corrected chi connectivity index (χ0v) is 19.9. The van der Waals surface area contributed by atoms with Gasteiger partial charge in [0.05, 0.1) is 5.69 Å². The molecule has 2 aromatic rings. The zero-order valence-electron chi connectivity index (χ0n) is 17.6. The predicted molar refractivity (Wildman–Crippen MR) is 124 cm³/mol. The molecule has 2 N–H and O–H groups in total. The van der Waals surface area contributed by atoms with E-state index in [2.05, 4.69) is 27.6 Å². The van der Waals surface area contributed by atoms with E-state index in [1.807, 2.05) is 30.8 Å². The number of aryl methyl sites for hydroxylation is 2. The molecule has 0 saturated carbocycles. The number of nitrogens with zero attached hydrogens (tertiary/aromatic N) is 3. The van der Waals surface area contributed by atoms with Crippen LogP contribution in [0.25, 0.3) is 0 Å². The largest absolute Gasteiger partial charge is 0.381 e. The highest BCUT2D eigenvalue weighted by Crippen LogP contribution is 2.34. The summed E-state index contributed by atoms with van der Waals surface area (Å²) in [5.41, 5.74) is 4.40. The molecule has 8 heteroatoms. The normalized spacial score (nSPS) is 16.2. The van der Waals surface area contributed by atoms with Gasteiger partial charge in [-0.2, -0.15) is 5.10 Å². The highest BCUT2D eigenvalue weighted by Gasteiger charge is 2.34. The van der Waals surface area contributed by atoms with E-state index < -0.39 is 0 Å². The maximum atomic E-state index is 13.4. The van der Waals surface area contributed by atoms with Crippen LogP contribution in [0.1, 0.15) is 35.4 Å². The number of benzene rings is 1. The van der Waals surface area contributed by atoms with Crippen LogP contribution >= 0.6 is 24.0 Å². The molecular weight excluding hydrogens is 484 g/mol. The molecule has 160 valence electrons. The number of ether oxygens (including phenoxy) is 1. The Labute approximate surface area is 189 Å². The lowest BCUT2D eigenvalue weighted by molar-refractivity contribution is 0.0513. The van der Waals surface area contributed by atoms with Crippen molar-refractivity contribution in [1.29, 1.82) is 0 Å². The molecule has 1 aliphatic rings. The van der Waals surface area contributed by atoms with Gasteiger partial charge in [-0.05, 0) is 44.4 Å². The highest BCUT2D eigenvalue weighted by atomic mass is 127. The number of halogens is 2. The van der Waals surface area contributed by atoms with Gasteiger partial charge in [0.15, 0.2) is 5.96 Å². The molecule has 0 unspecified atom stereocenters. The molecule has 2 heterocycles. The van der Waals surface area contributed by atoms with Gasteiger partial charge in [-0.25, -0.2) is 4.39 Å². The van der Waals surface area contributed by atoms with E-state index in [0.29, 0.717) is 26.3 Å². The summed E-state index contributed by atoms with van der Waals surface area (Å²) < 4.78 is 20.9. The molecule has 0 atom stereocenters. The van der Waals surface area contributed by atoms with Crippen LogP contribution in [0, 0.1) is 19.7 Å². The molecule has 3 rings (SSSR count). The third-order valence-electron chi connectivity index (χ3n) is 5.82. The van der Waals surface area contributed by atoms with Crippen molar-refractivity contribution in [1.82, 2.24) is 20.4 Å². The molecule has 0 radical (unpaired) electrons. The van der Waals surface area contributed by atoms with Gasteiger partial charge in [-0.3, -0.25) is 9.67 Å². The lowest BCUT2D eigenvalue weighted by Crippen LogP contribution is -2.48. The van der Waals surface area contributed by atoms with Crippen molar-refractivity contribution in [3.05, 3.63) is 52.6 Å². The Bertz CT molecular complexity index is 828. The Morgan fingerprint density at radius 3 is 2.41 bits per heavy atom. The summed E-state index contributed by atoms with van der Waals surface area (Å²) in [4.78, 5) is 4.37. The van der Waals surface area contributed by atoms with Crippen molar-refractivity contribution >= 4 is 29.9 Å². The van der Waals surface area contributed by atoms with Crippen LogP contribution in [-0.2, 0) is 23.7 Å². The number of hydrogen-bond donors (Lipinski definition) is 2. The minimum absolute atomic E-state index is 0. The van der Waals surface area contributed by atoms with Gasteiger partial charge in [0.25, 0.3) is 0 Å². The Hall–Kier alpha value is -1.68. The second-order valence-electron chi connectivity index (χ2n) is 7.45. The van der Waals surface area contributed by atoms with E-state index >= 15 is 0 Å². The fourth-order valence-electron chi connectivity index (χ4n) is 3.85. The number of aromatic nitrogens is 2. The smallest absolute Gasteiger partial charge is 0.191 e. The second kappa shape index (κ2) is 10.4. The first kappa shape index (κ1) is 23.6. The van der Waals surface area contributed by atoms with Crippen LogP contribution in [0.4, 0.5) is 4.39 Å². The van der Waals surface area contributed by atoms with E-state index in [4.69, 9.17) is 4.74 Å². The minimum Gasteiger partial charge on any atom is -0.381 e. The number of aliphatic imine (C=N–C) groups is 1. The first-order chi connectivity index (χ1) is 13.4. The van der Waals surface area contributed by atoms with Crippen molar-refractivity contribution in [2.45, 2.75) is 38.6 Å². The fourth-order valence-corrected chi connectivity index (χ4v) is 3.85. The summed E-state index contributed by atoms with van der Waals surface area (Å²) in [5.74, 6) is 0.536. The molecule has 1 aromatic carbocycles. The lowest BCUT2D eigenvalue weighted by atomic mass is 9.74. The topological polar surface area (TPSA) is 63.5 Å². The molecule has 0 bridgehead atoms. The van der Waals surface area contributed by atoms with Crippen molar-refractivity contribution in [2.75, 3.05) is 26.8 Å². The van der Waals surface area contributed by atoms with Crippen molar-refractivity contribution in [3.8, 4) is 0 Å². The van der Waals surface area contributed by atoms with E-state index in [1.165, 1.54) is 17.7 Å². The summed E-state index contributed by atoms with van der Waals surface area (Å²) in [5, 5.41) is 11.3. The summed E-state index contributed by atoms with van der Waals surface area (Å²) >= 11 is 0. The van der Waals surface area contributed by atoms with E-state index in [1.54, 1.807) is 7.05 Å². The maximum Gasteiger partial charge on any atom is 0.191 e. The molecule has 0 amide bonds. The Morgan fingerprint density at radius 2 is 1.86 bits per heavy atom. The Morgan fingerprint density at radius 1 is 1.21 bits per heavy atom. The molecular formula is C21H31FIN5O. The molecule has 1 fully saturated rings. The number of rotatable bonds is 5. The van der Waals surface area contributed by atoms with Crippen LogP contribution < -0.4 is 10.6 Å². The van der Waals surface area contributed by atoms with Gasteiger partial charge in [-0.15, -0.1) is 24.0 Å². The van der Waals surface area contributed by atoms with Crippen molar-refractivity contribution < 1.29 is 9.13 Å². The predicted octanol–water partition coefficient (Wildman–Crippen LogP) is 3.21. The molecule has 6 nitrogen and oxygen atoms in total. The highest BCUT2D eigenvalue weighted by molar-refractivity contribution is 14.0. The van der Waals surface area contributed by atoms with Crippen LogP contribution in [-0.4, -0.2) is 42.5 Å². The van der Waals surface area contributed by atoms with E-state index in [9.17, 15) is 4.39 Å². The summed E-state index contributed by atoms with van der Waals surface area (Å²) in [6, 6.07) is 6.85. The van der Waals surface area contributed by atoms with Crippen LogP contribution in [0.3, 0.4) is 0 Å². The third kappa shape index (κ3) is 5.48. The van der Waals surface area contributed by atoms with Crippen molar-refractivity contribution in [2.24, 2.45) is 12.0 Å². The molecule has 1 saturated heterocycles. The summed E-state index contributed by atoms with van der Waals surface area (Å²) in [6.07, 6.45) is 1.78. The number of hydrogen-bond acceptors (Lipinski definition) is 3. The molecule has 0 spiro atoms. The maximum absolute atomic E-state index is 13.4.